The number of aromatic nitrogens is 2. The molecule has 0 spiro atoms. The highest BCUT2D eigenvalue weighted by molar-refractivity contribution is 5.90. The zero-order chi connectivity index (χ0) is 17.8. The third-order valence-electron chi connectivity index (χ3n) is 4.28. The molecule has 3 rings (SSSR count). The van der Waals surface area contributed by atoms with Gasteiger partial charge in [-0.1, -0.05) is 0 Å². The standard InChI is InChI=1S/C17H21F2N5O/c1-23-6-4-21-17(23)15-11-20-3-7-24(15)5-2-16(25)22-14-9-12(18)8-13(19)10-14/h4,6,8-10,15,20H,2-3,5,7,11H2,1H3,(H,22,25). The Labute approximate surface area is 144 Å². The van der Waals surface area contributed by atoms with E-state index in [-0.39, 0.29) is 24.1 Å². The average molecular weight is 349 g/mol. The van der Waals surface area contributed by atoms with E-state index >= 15 is 0 Å². The number of imidazole rings is 1. The Morgan fingerprint density at radius 2 is 2.12 bits per heavy atom. The number of aryl methyl sites for hydroxylation is 1. The Kier molecular flexibility index (Phi) is 5.40. The van der Waals surface area contributed by atoms with Gasteiger partial charge in [-0.05, 0) is 12.1 Å². The summed E-state index contributed by atoms with van der Waals surface area (Å²) in [7, 11) is 1.94. The molecule has 1 aliphatic heterocycles. The predicted octanol–water partition coefficient (Wildman–Crippen LogP) is 1.67. The summed E-state index contributed by atoms with van der Waals surface area (Å²) in [6.07, 6.45) is 3.89. The van der Waals surface area contributed by atoms with E-state index in [0.717, 1.165) is 43.7 Å². The molecule has 2 heterocycles. The topological polar surface area (TPSA) is 62.2 Å². The van der Waals surface area contributed by atoms with E-state index in [4.69, 9.17) is 0 Å². The number of anilines is 1. The van der Waals surface area contributed by atoms with Crippen molar-refractivity contribution in [2.24, 2.45) is 7.05 Å². The summed E-state index contributed by atoms with van der Waals surface area (Å²) in [5.74, 6) is -0.763. The van der Waals surface area contributed by atoms with E-state index in [0.29, 0.717) is 6.54 Å². The lowest BCUT2D eigenvalue weighted by molar-refractivity contribution is -0.116. The molecule has 0 radical (unpaired) electrons. The normalized spacial score (nSPS) is 18.3. The highest BCUT2D eigenvalue weighted by Crippen LogP contribution is 2.20. The minimum absolute atomic E-state index is 0.0909. The van der Waals surface area contributed by atoms with Gasteiger partial charge < -0.3 is 15.2 Å². The van der Waals surface area contributed by atoms with Crippen molar-refractivity contribution in [3.63, 3.8) is 0 Å². The maximum absolute atomic E-state index is 13.2. The maximum Gasteiger partial charge on any atom is 0.225 e. The third-order valence-corrected chi connectivity index (χ3v) is 4.28. The van der Waals surface area contributed by atoms with Crippen LogP contribution in [0.4, 0.5) is 14.5 Å². The molecule has 8 heteroatoms. The fraction of sp³-hybridized carbons (Fsp3) is 0.412. The van der Waals surface area contributed by atoms with E-state index < -0.39 is 11.6 Å². The largest absolute Gasteiger partial charge is 0.337 e. The smallest absolute Gasteiger partial charge is 0.225 e. The van der Waals surface area contributed by atoms with Crippen molar-refractivity contribution in [3.05, 3.63) is 48.1 Å². The first-order valence-electron chi connectivity index (χ1n) is 8.21. The highest BCUT2D eigenvalue weighted by Gasteiger charge is 2.26. The Morgan fingerprint density at radius 3 is 2.80 bits per heavy atom. The second-order valence-electron chi connectivity index (χ2n) is 6.11. The number of amides is 1. The van der Waals surface area contributed by atoms with Gasteiger partial charge in [0.25, 0.3) is 0 Å². The van der Waals surface area contributed by atoms with Gasteiger partial charge in [0, 0.05) is 63.8 Å². The van der Waals surface area contributed by atoms with Crippen molar-refractivity contribution in [2.45, 2.75) is 12.5 Å². The summed E-state index contributed by atoms with van der Waals surface area (Å²) in [6.45, 7) is 2.96. The number of carbonyl (C=O) groups is 1. The number of nitrogens with zero attached hydrogens (tertiary/aromatic N) is 3. The molecule has 0 bridgehead atoms. The second kappa shape index (κ2) is 7.71. The monoisotopic (exact) mass is 349 g/mol. The van der Waals surface area contributed by atoms with Crippen molar-refractivity contribution >= 4 is 11.6 Å². The second-order valence-corrected chi connectivity index (χ2v) is 6.11. The molecule has 134 valence electrons. The summed E-state index contributed by atoms with van der Waals surface area (Å²) in [4.78, 5) is 18.7. The van der Waals surface area contributed by atoms with Crippen molar-refractivity contribution < 1.29 is 13.6 Å². The van der Waals surface area contributed by atoms with Crippen LogP contribution >= 0.6 is 0 Å². The van der Waals surface area contributed by atoms with Crippen LogP contribution in [0.15, 0.2) is 30.6 Å². The molecule has 1 amide bonds. The van der Waals surface area contributed by atoms with Gasteiger partial charge in [0.2, 0.25) is 5.91 Å². The number of benzene rings is 1. The van der Waals surface area contributed by atoms with Crippen LogP contribution in [0.5, 0.6) is 0 Å². The lowest BCUT2D eigenvalue weighted by Gasteiger charge is -2.35. The molecule has 2 N–H and O–H groups in total. The number of halogens is 2. The van der Waals surface area contributed by atoms with Crippen LogP contribution in [-0.2, 0) is 11.8 Å². The number of nitrogens with one attached hydrogen (secondary N) is 2. The van der Waals surface area contributed by atoms with Crippen molar-refractivity contribution in [1.82, 2.24) is 19.8 Å². The van der Waals surface area contributed by atoms with Gasteiger partial charge in [-0.3, -0.25) is 9.69 Å². The Hall–Kier alpha value is -2.32. The molecule has 0 aliphatic carbocycles. The Morgan fingerprint density at radius 1 is 1.36 bits per heavy atom. The van der Waals surface area contributed by atoms with Crippen LogP contribution in [0.1, 0.15) is 18.3 Å². The maximum atomic E-state index is 13.2. The number of hydrogen-bond donors (Lipinski definition) is 2. The molecule has 6 nitrogen and oxygen atoms in total. The van der Waals surface area contributed by atoms with Gasteiger partial charge in [0.05, 0.1) is 6.04 Å². The lowest BCUT2D eigenvalue weighted by atomic mass is 10.1. The molecular formula is C17H21F2N5O. The van der Waals surface area contributed by atoms with E-state index in [1.807, 2.05) is 17.8 Å². The fourth-order valence-corrected chi connectivity index (χ4v) is 3.06. The fourth-order valence-electron chi connectivity index (χ4n) is 3.06. The van der Waals surface area contributed by atoms with Crippen LogP contribution in [0.2, 0.25) is 0 Å². The first-order valence-corrected chi connectivity index (χ1v) is 8.21. The zero-order valence-electron chi connectivity index (χ0n) is 14.0. The first-order chi connectivity index (χ1) is 12.0. The Balaban J connectivity index is 1.59. The van der Waals surface area contributed by atoms with E-state index in [1.54, 1.807) is 6.20 Å². The molecule has 1 aromatic carbocycles. The molecule has 1 atom stereocenters. The zero-order valence-corrected chi connectivity index (χ0v) is 14.0. The third kappa shape index (κ3) is 4.40. The molecule has 1 fully saturated rings. The first kappa shape index (κ1) is 17.5. The summed E-state index contributed by atoms with van der Waals surface area (Å²) in [5, 5.41) is 5.88. The van der Waals surface area contributed by atoms with Gasteiger partial charge in [0.1, 0.15) is 17.5 Å². The molecule has 1 unspecified atom stereocenters. The number of hydrogen-bond acceptors (Lipinski definition) is 4. The minimum atomic E-state index is -0.716. The molecular weight excluding hydrogens is 328 g/mol. The predicted molar refractivity (Wildman–Crippen MR) is 90.0 cm³/mol. The summed E-state index contributed by atoms with van der Waals surface area (Å²) >= 11 is 0. The molecule has 1 aromatic heterocycles. The van der Waals surface area contributed by atoms with Crippen molar-refractivity contribution in [2.75, 3.05) is 31.5 Å². The van der Waals surface area contributed by atoms with Crippen LogP contribution in [0, 0.1) is 11.6 Å². The molecule has 2 aromatic rings. The van der Waals surface area contributed by atoms with Crippen molar-refractivity contribution in [3.8, 4) is 0 Å². The lowest BCUT2D eigenvalue weighted by Crippen LogP contribution is -2.47. The van der Waals surface area contributed by atoms with E-state index in [9.17, 15) is 13.6 Å². The van der Waals surface area contributed by atoms with Gasteiger partial charge in [-0.15, -0.1) is 0 Å². The van der Waals surface area contributed by atoms with E-state index in [1.165, 1.54) is 0 Å². The number of carbonyl (C=O) groups excluding carboxylic acids is 1. The van der Waals surface area contributed by atoms with Crippen molar-refractivity contribution in [1.29, 1.82) is 0 Å². The van der Waals surface area contributed by atoms with E-state index in [2.05, 4.69) is 20.5 Å². The Bertz CT molecular complexity index is 728. The SMILES string of the molecule is Cn1ccnc1C1CNCCN1CCC(=O)Nc1cc(F)cc(F)c1. The van der Waals surface area contributed by atoms with Crippen LogP contribution < -0.4 is 10.6 Å². The highest BCUT2D eigenvalue weighted by atomic mass is 19.1. The number of rotatable bonds is 5. The molecule has 1 saturated heterocycles. The molecule has 0 saturated carbocycles. The average Bonchev–Trinajstić information content (AvgIpc) is 2.98. The molecule has 25 heavy (non-hydrogen) atoms. The van der Waals surface area contributed by atoms with Gasteiger partial charge in [-0.25, -0.2) is 13.8 Å². The minimum Gasteiger partial charge on any atom is -0.337 e. The number of piperazine rings is 1. The summed E-state index contributed by atoms with van der Waals surface area (Å²) in [5.41, 5.74) is 0.128. The summed E-state index contributed by atoms with van der Waals surface area (Å²) < 4.78 is 28.3. The van der Waals surface area contributed by atoms with Crippen LogP contribution in [0.3, 0.4) is 0 Å². The van der Waals surface area contributed by atoms with Crippen LogP contribution in [0.25, 0.3) is 0 Å². The van der Waals surface area contributed by atoms with Gasteiger partial charge >= 0.3 is 0 Å². The summed E-state index contributed by atoms with van der Waals surface area (Å²) in [6, 6.07) is 3.06. The van der Waals surface area contributed by atoms with Crippen LogP contribution in [-0.4, -0.2) is 46.5 Å². The van der Waals surface area contributed by atoms with Gasteiger partial charge in [-0.2, -0.15) is 0 Å². The molecule has 1 aliphatic rings. The van der Waals surface area contributed by atoms with Gasteiger partial charge in [0.15, 0.2) is 0 Å². The quantitative estimate of drug-likeness (QED) is 0.862.